The van der Waals surface area contributed by atoms with Crippen molar-refractivity contribution in [3.63, 3.8) is 0 Å². The van der Waals surface area contributed by atoms with Crippen LogP contribution in [0.4, 0.5) is 10.6 Å². The third-order valence-electron chi connectivity index (χ3n) is 4.76. The number of pyridine rings is 1. The van der Waals surface area contributed by atoms with Gasteiger partial charge in [-0.3, -0.25) is 10.1 Å². The molecule has 0 aliphatic carbocycles. The topological polar surface area (TPSA) is 94.1 Å². The molecule has 0 fully saturated rings. The number of carbonyl (C=O) groups is 1. The second-order valence-electron chi connectivity index (χ2n) is 7.95. The zero-order chi connectivity index (χ0) is 21.7. The van der Waals surface area contributed by atoms with Gasteiger partial charge in [-0.1, -0.05) is 23.7 Å². The van der Waals surface area contributed by atoms with E-state index in [1.54, 1.807) is 12.4 Å². The van der Waals surface area contributed by atoms with Gasteiger partial charge in [-0.25, -0.2) is 4.79 Å². The van der Waals surface area contributed by atoms with Gasteiger partial charge in [0.05, 0.1) is 11.3 Å². The summed E-state index contributed by atoms with van der Waals surface area (Å²) in [4.78, 5) is 17.1. The Morgan fingerprint density at radius 1 is 1.13 bits per heavy atom. The van der Waals surface area contributed by atoms with Gasteiger partial charge in [-0.2, -0.15) is 5.10 Å². The Morgan fingerprint density at radius 2 is 1.80 bits per heavy atom. The van der Waals surface area contributed by atoms with Crippen molar-refractivity contribution >= 4 is 23.5 Å². The molecule has 0 aliphatic rings. The Labute approximate surface area is 181 Å². The number of rotatable bonds is 7. The number of nitrogens with zero attached hydrogens (tertiary/aromatic N) is 3. The molecule has 0 unspecified atom stereocenters. The number of nitrogens with one attached hydrogen (secondary N) is 2. The van der Waals surface area contributed by atoms with Crippen molar-refractivity contribution in [1.29, 1.82) is 0 Å². The van der Waals surface area contributed by atoms with E-state index in [1.165, 1.54) is 4.90 Å². The highest BCUT2D eigenvalue weighted by Crippen LogP contribution is 2.36. The molecular formula is C22H26ClN5O2. The van der Waals surface area contributed by atoms with Crippen LogP contribution in [-0.4, -0.2) is 49.9 Å². The van der Waals surface area contributed by atoms with E-state index < -0.39 is 11.6 Å². The summed E-state index contributed by atoms with van der Waals surface area (Å²) < 4.78 is 0. The number of halogens is 1. The van der Waals surface area contributed by atoms with E-state index in [1.807, 2.05) is 57.2 Å². The zero-order valence-electron chi connectivity index (χ0n) is 17.3. The fraction of sp³-hybridized carbons (Fsp3) is 0.318. The minimum Gasteiger partial charge on any atom is -0.465 e. The lowest BCUT2D eigenvalue weighted by Gasteiger charge is -2.33. The van der Waals surface area contributed by atoms with Crippen LogP contribution in [0.5, 0.6) is 0 Å². The van der Waals surface area contributed by atoms with Crippen LogP contribution in [0.25, 0.3) is 22.4 Å². The molecule has 1 amide bonds. The largest absolute Gasteiger partial charge is 0.465 e. The Kier molecular flexibility index (Phi) is 6.62. The average Bonchev–Trinajstić information content (AvgIpc) is 3.11. The zero-order valence-corrected chi connectivity index (χ0v) is 18.1. The average molecular weight is 428 g/mol. The monoisotopic (exact) mass is 427 g/mol. The van der Waals surface area contributed by atoms with Crippen LogP contribution in [0.1, 0.15) is 27.2 Å². The maximum Gasteiger partial charge on any atom is 0.407 e. The lowest BCUT2D eigenvalue weighted by Crippen LogP contribution is -2.45. The van der Waals surface area contributed by atoms with E-state index in [9.17, 15) is 9.90 Å². The molecule has 0 aliphatic heterocycles. The van der Waals surface area contributed by atoms with Gasteiger partial charge in [0.2, 0.25) is 0 Å². The van der Waals surface area contributed by atoms with Crippen LogP contribution in [0, 0.1) is 0 Å². The summed E-state index contributed by atoms with van der Waals surface area (Å²) in [6.07, 6.45) is 3.23. The Hall–Kier alpha value is -3.06. The van der Waals surface area contributed by atoms with Crippen molar-refractivity contribution < 1.29 is 9.90 Å². The Bertz CT molecular complexity index is 981. The molecule has 0 radical (unpaired) electrons. The Balaban J connectivity index is 1.80. The number of carboxylic acid groups (broad SMARTS) is 1. The van der Waals surface area contributed by atoms with Crippen LogP contribution in [0.15, 0.2) is 48.8 Å². The van der Waals surface area contributed by atoms with Crippen molar-refractivity contribution in [2.75, 3.05) is 18.4 Å². The first-order valence-corrected chi connectivity index (χ1v) is 10.1. The van der Waals surface area contributed by atoms with Crippen LogP contribution < -0.4 is 5.32 Å². The highest BCUT2D eigenvalue weighted by molar-refractivity contribution is 6.30. The Morgan fingerprint density at radius 3 is 2.40 bits per heavy atom. The molecule has 1 aromatic carbocycles. The normalized spacial score (nSPS) is 11.3. The van der Waals surface area contributed by atoms with Gasteiger partial charge in [-0.05, 0) is 57.0 Å². The molecule has 30 heavy (non-hydrogen) atoms. The molecule has 2 aromatic heterocycles. The molecule has 2 heterocycles. The van der Waals surface area contributed by atoms with E-state index in [0.717, 1.165) is 22.4 Å². The van der Waals surface area contributed by atoms with E-state index in [2.05, 4.69) is 20.5 Å². The molecule has 0 saturated heterocycles. The summed E-state index contributed by atoms with van der Waals surface area (Å²) in [5, 5.41) is 21.1. The first-order valence-electron chi connectivity index (χ1n) is 9.76. The fourth-order valence-electron chi connectivity index (χ4n) is 3.26. The minimum atomic E-state index is -0.912. The van der Waals surface area contributed by atoms with Gasteiger partial charge in [-0.15, -0.1) is 0 Å². The molecule has 3 aromatic rings. The molecule has 3 rings (SSSR count). The smallest absolute Gasteiger partial charge is 0.407 e. The van der Waals surface area contributed by atoms with Crippen molar-refractivity contribution in [3.05, 3.63) is 53.8 Å². The molecule has 0 saturated carbocycles. The van der Waals surface area contributed by atoms with Gasteiger partial charge in [0.25, 0.3) is 0 Å². The van der Waals surface area contributed by atoms with Crippen LogP contribution >= 0.6 is 11.6 Å². The molecular weight excluding hydrogens is 402 g/mol. The quantitative estimate of drug-likeness (QED) is 0.440. The van der Waals surface area contributed by atoms with Crippen molar-refractivity contribution in [1.82, 2.24) is 20.1 Å². The molecule has 8 heteroatoms. The second-order valence-corrected chi connectivity index (χ2v) is 8.39. The van der Waals surface area contributed by atoms with Gasteiger partial charge in [0, 0.05) is 41.6 Å². The first kappa shape index (κ1) is 21.6. The summed E-state index contributed by atoms with van der Waals surface area (Å²) in [6.45, 7) is 6.69. The summed E-state index contributed by atoms with van der Waals surface area (Å²) in [6, 6.07) is 11.4. The number of H-pyrrole nitrogens is 1. The predicted octanol–water partition coefficient (Wildman–Crippen LogP) is 5.37. The van der Waals surface area contributed by atoms with Crippen LogP contribution in [0.2, 0.25) is 5.02 Å². The van der Waals surface area contributed by atoms with Crippen LogP contribution in [-0.2, 0) is 0 Å². The number of hydrogen-bond acceptors (Lipinski definition) is 4. The van der Waals surface area contributed by atoms with Gasteiger partial charge >= 0.3 is 6.09 Å². The minimum absolute atomic E-state index is 0.435. The van der Waals surface area contributed by atoms with E-state index in [4.69, 9.17) is 11.6 Å². The summed E-state index contributed by atoms with van der Waals surface area (Å²) >= 11 is 6.03. The summed E-state index contributed by atoms with van der Waals surface area (Å²) in [5.41, 5.74) is 3.32. The number of anilines is 1. The van der Waals surface area contributed by atoms with Crippen molar-refractivity contribution in [2.45, 2.75) is 32.7 Å². The maximum absolute atomic E-state index is 11.5. The third kappa shape index (κ3) is 5.10. The molecule has 7 nitrogen and oxygen atoms in total. The lowest BCUT2D eigenvalue weighted by molar-refractivity contribution is 0.100. The number of hydrogen-bond donors (Lipinski definition) is 3. The molecule has 3 N–H and O–H groups in total. The van der Waals surface area contributed by atoms with Crippen LogP contribution in [0.3, 0.4) is 0 Å². The van der Waals surface area contributed by atoms with Gasteiger partial charge < -0.3 is 15.3 Å². The van der Waals surface area contributed by atoms with Gasteiger partial charge in [0.15, 0.2) is 5.82 Å². The van der Waals surface area contributed by atoms with E-state index in [0.29, 0.717) is 30.4 Å². The SMILES string of the molecule is CC(C)(C)N(CCCNc1n[nH]c(-c2ccc(Cl)cc2)c1-c1ccncc1)C(=O)O. The highest BCUT2D eigenvalue weighted by atomic mass is 35.5. The first-order chi connectivity index (χ1) is 14.3. The highest BCUT2D eigenvalue weighted by Gasteiger charge is 2.25. The number of benzene rings is 1. The van der Waals surface area contributed by atoms with E-state index >= 15 is 0 Å². The molecule has 0 bridgehead atoms. The van der Waals surface area contributed by atoms with Gasteiger partial charge in [0.1, 0.15) is 0 Å². The molecule has 158 valence electrons. The summed E-state index contributed by atoms with van der Waals surface area (Å²) in [5.74, 6) is 0.712. The van der Waals surface area contributed by atoms with E-state index in [-0.39, 0.29) is 0 Å². The van der Waals surface area contributed by atoms with Crippen molar-refractivity contribution in [3.8, 4) is 22.4 Å². The molecule has 0 spiro atoms. The fourth-order valence-corrected chi connectivity index (χ4v) is 3.38. The number of aromatic nitrogens is 3. The number of aromatic amines is 1. The predicted molar refractivity (Wildman–Crippen MR) is 120 cm³/mol. The maximum atomic E-state index is 11.5. The second kappa shape index (κ2) is 9.17. The summed E-state index contributed by atoms with van der Waals surface area (Å²) in [7, 11) is 0. The standard InChI is InChI=1S/C22H26ClN5O2/c1-22(2,3)28(21(29)30)14-4-11-25-20-18(15-9-12-24-13-10-15)19(26-27-20)16-5-7-17(23)8-6-16/h5-10,12-13H,4,11,14H2,1-3H3,(H,29,30)(H2,25,26,27). The third-order valence-corrected chi connectivity index (χ3v) is 5.01. The van der Waals surface area contributed by atoms with Crippen molar-refractivity contribution in [2.24, 2.45) is 0 Å². The number of amides is 1. The molecule has 0 atom stereocenters. The lowest BCUT2D eigenvalue weighted by atomic mass is 10.0.